The van der Waals surface area contributed by atoms with Crippen LogP contribution in [0.5, 0.6) is 0 Å². The van der Waals surface area contributed by atoms with E-state index < -0.39 is 5.97 Å². The number of hydrogen-bond acceptors (Lipinski definition) is 2. The first-order chi connectivity index (χ1) is 9.74. The SMILES string of the molecule is CCCCCCCCCCCc1nccn1CC(=O)O. The molecule has 1 N–H and O–H groups in total. The van der Waals surface area contributed by atoms with Crippen molar-refractivity contribution in [3.8, 4) is 0 Å². The van der Waals surface area contributed by atoms with E-state index in [1.807, 2.05) is 0 Å². The van der Waals surface area contributed by atoms with Gasteiger partial charge in [-0.05, 0) is 6.42 Å². The van der Waals surface area contributed by atoms with Crippen molar-refractivity contribution in [2.45, 2.75) is 77.7 Å². The van der Waals surface area contributed by atoms with Crippen molar-refractivity contribution in [2.24, 2.45) is 0 Å². The summed E-state index contributed by atoms with van der Waals surface area (Å²) in [5, 5.41) is 8.79. The maximum atomic E-state index is 10.7. The average Bonchev–Trinajstić information content (AvgIpc) is 2.83. The lowest BCUT2D eigenvalue weighted by atomic mass is 10.1. The molecule has 114 valence electrons. The zero-order valence-corrected chi connectivity index (χ0v) is 12.7. The number of carboxylic acid groups (broad SMARTS) is 1. The summed E-state index contributed by atoms with van der Waals surface area (Å²) >= 11 is 0. The molecule has 1 heterocycles. The lowest BCUT2D eigenvalue weighted by molar-refractivity contribution is -0.137. The Bertz CT molecular complexity index is 374. The number of imidazole rings is 1. The van der Waals surface area contributed by atoms with Crippen LogP contribution in [0.25, 0.3) is 0 Å². The van der Waals surface area contributed by atoms with Crippen LogP contribution >= 0.6 is 0 Å². The minimum Gasteiger partial charge on any atom is -0.480 e. The van der Waals surface area contributed by atoms with Crippen LogP contribution < -0.4 is 0 Å². The second-order valence-electron chi connectivity index (χ2n) is 5.44. The summed E-state index contributed by atoms with van der Waals surface area (Å²) in [4.78, 5) is 14.9. The average molecular weight is 280 g/mol. The lowest BCUT2D eigenvalue weighted by Crippen LogP contribution is -2.11. The molecule has 1 rings (SSSR count). The van der Waals surface area contributed by atoms with E-state index in [0.717, 1.165) is 18.7 Å². The molecule has 0 bridgehead atoms. The number of aliphatic carboxylic acids is 1. The molecule has 0 aromatic carbocycles. The Morgan fingerprint density at radius 1 is 1.10 bits per heavy atom. The maximum Gasteiger partial charge on any atom is 0.323 e. The van der Waals surface area contributed by atoms with Gasteiger partial charge in [0.05, 0.1) is 0 Å². The van der Waals surface area contributed by atoms with Gasteiger partial charge in [0.15, 0.2) is 0 Å². The number of rotatable bonds is 12. The van der Waals surface area contributed by atoms with E-state index in [2.05, 4.69) is 11.9 Å². The van der Waals surface area contributed by atoms with Gasteiger partial charge in [0.1, 0.15) is 12.4 Å². The molecule has 1 aromatic heterocycles. The van der Waals surface area contributed by atoms with Gasteiger partial charge in [-0.2, -0.15) is 0 Å². The summed E-state index contributed by atoms with van der Waals surface area (Å²) in [5.41, 5.74) is 0. The van der Waals surface area contributed by atoms with Crippen molar-refractivity contribution in [1.82, 2.24) is 9.55 Å². The molecule has 4 nitrogen and oxygen atoms in total. The van der Waals surface area contributed by atoms with Crippen molar-refractivity contribution in [1.29, 1.82) is 0 Å². The van der Waals surface area contributed by atoms with Crippen LogP contribution in [0.15, 0.2) is 12.4 Å². The second-order valence-corrected chi connectivity index (χ2v) is 5.44. The molecule has 0 radical (unpaired) electrons. The number of nitrogens with zero attached hydrogens (tertiary/aromatic N) is 2. The number of carboxylic acids is 1. The summed E-state index contributed by atoms with van der Waals surface area (Å²) < 4.78 is 1.73. The Hall–Kier alpha value is -1.32. The molecule has 4 heteroatoms. The smallest absolute Gasteiger partial charge is 0.323 e. The van der Waals surface area contributed by atoms with Gasteiger partial charge in [-0.1, -0.05) is 58.3 Å². The molecular weight excluding hydrogens is 252 g/mol. The third-order valence-electron chi connectivity index (χ3n) is 3.61. The van der Waals surface area contributed by atoms with Gasteiger partial charge >= 0.3 is 5.97 Å². The van der Waals surface area contributed by atoms with E-state index in [-0.39, 0.29) is 6.54 Å². The molecule has 0 spiro atoms. The van der Waals surface area contributed by atoms with Gasteiger partial charge in [-0.3, -0.25) is 4.79 Å². The standard InChI is InChI=1S/C16H28N2O2/c1-2-3-4-5-6-7-8-9-10-11-15-17-12-13-18(15)14-16(19)20/h12-13H,2-11,14H2,1H3,(H,19,20). The van der Waals surface area contributed by atoms with Crippen LogP contribution in [0.3, 0.4) is 0 Å². The quantitative estimate of drug-likeness (QED) is 0.588. The molecule has 0 fully saturated rings. The fraction of sp³-hybridized carbons (Fsp3) is 0.750. The highest BCUT2D eigenvalue weighted by molar-refractivity contribution is 5.66. The molecule has 0 aliphatic carbocycles. The van der Waals surface area contributed by atoms with Crippen molar-refractivity contribution in [3.05, 3.63) is 18.2 Å². The van der Waals surface area contributed by atoms with Gasteiger partial charge in [0.25, 0.3) is 0 Å². The van der Waals surface area contributed by atoms with Gasteiger partial charge in [-0.15, -0.1) is 0 Å². The molecule has 0 atom stereocenters. The predicted molar refractivity (Wildman–Crippen MR) is 80.8 cm³/mol. The molecule has 0 aliphatic rings. The first kappa shape index (κ1) is 16.7. The molecule has 0 saturated heterocycles. The Kier molecular flexibility index (Phi) is 8.76. The first-order valence-corrected chi connectivity index (χ1v) is 7.96. The Balaban J connectivity index is 2.04. The van der Waals surface area contributed by atoms with Crippen LogP contribution in [0.2, 0.25) is 0 Å². The molecule has 20 heavy (non-hydrogen) atoms. The highest BCUT2D eigenvalue weighted by atomic mass is 16.4. The maximum absolute atomic E-state index is 10.7. The largest absolute Gasteiger partial charge is 0.480 e. The van der Waals surface area contributed by atoms with Crippen molar-refractivity contribution in [3.63, 3.8) is 0 Å². The minimum absolute atomic E-state index is 0.0206. The van der Waals surface area contributed by atoms with E-state index in [4.69, 9.17) is 5.11 Å². The summed E-state index contributed by atoms with van der Waals surface area (Å²) in [6.07, 6.45) is 16.0. The summed E-state index contributed by atoms with van der Waals surface area (Å²) in [6, 6.07) is 0. The highest BCUT2D eigenvalue weighted by Gasteiger charge is 2.05. The number of aromatic nitrogens is 2. The molecule has 0 amide bonds. The Morgan fingerprint density at radius 2 is 1.70 bits per heavy atom. The van der Waals surface area contributed by atoms with Crippen molar-refractivity contribution < 1.29 is 9.90 Å². The highest BCUT2D eigenvalue weighted by Crippen LogP contribution is 2.11. The molecule has 0 unspecified atom stereocenters. The van der Waals surface area contributed by atoms with Gasteiger partial charge in [-0.25, -0.2) is 4.98 Å². The first-order valence-electron chi connectivity index (χ1n) is 7.96. The number of hydrogen-bond donors (Lipinski definition) is 1. The molecule has 0 saturated carbocycles. The summed E-state index contributed by atoms with van der Waals surface area (Å²) in [5.74, 6) is 0.0895. The van der Waals surface area contributed by atoms with Gasteiger partial charge in [0.2, 0.25) is 0 Å². The molecular formula is C16H28N2O2. The van der Waals surface area contributed by atoms with E-state index in [1.165, 1.54) is 51.4 Å². The van der Waals surface area contributed by atoms with Crippen molar-refractivity contribution in [2.75, 3.05) is 0 Å². The fourth-order valence-electron chi connectivity index (χ4n) is 2.45. The van der Waals surface area contributed by atoms with Gasteiger partial charge < -0.3 is 9.67 Å². The van der Waals surface area contributed by atoms with Crippen LogP contribution in [0.1, 0.15) is 70.5 Å². The summed E-state index contributed by atoms with van der Waals surface area (Å²) in [6.45, 7) is 2.26. The van der Waals surface area contributed by atoms with Crippen molar-refractivity contribution >= 4 is 5.97 Å². The van der Waals surface area contributed by atoms with Gasteiger partial charge in [0, 0.05) is 18.8 Å². The number of unbranched alkanes of at least 4 members (excludes halogenated alkanes) is 8. The van der Waals surface area contributed by atoms with E-state index >= 15 is 0 Å². The van der Waals surface area contributed by atoms with Crippen LogP contribution in [-0.4, -0.2) is 20.6 Å². The number of aryl methyl sites for hydroxylation is 1. The summed E-state index contributed by atoms with van der Waals surface area (Å²) in [7, 11) is 0. The van der Waals surface area contributed by atoms with Crippen LogP contribution in [-0.2, 0) is 17.8 Å². The third kappa shape index (κ3) is 7.31. The van der Waals surface area contributed by atoms with Crippen LogP contribution in [0, 0.1) is 0 Å². The van der Waals surface area contributed by atoms with E-state index in [0.29, 0.717) is 0 Å². The zero-order valence-electron chi connectivity index (χ0n) is 12.7. The molecule has 1 aromatic rings. The van der Waals surface area contributed by atoms with E-state index in [1.54, 1.807) is 17.0 Å². The lowest BCUT2D eigenvalue weighted by Gasteiger charge is -2.05. The normalized spacial score (nSPS) is 10.8. The molecule has 0 aliphatic heterocycles. The minimum atomic E-state index is -0.809. The monoisotopic (exact) mass is 280 g/mol. The third-order valence-corrected chi connectivity index (χ3v) is 3.61. The zero-order chi connectivity index (χ0) is 14.6. The fourth-order valence-corrected chi connectivity index (χ4v) is 2.45. The second kappa shape index (κ2) is 10.5. The van der Waals surface area contributed by atoms with Crippen LogP contribution in [0.4, 0.5) is 0 Å². The number of carbonyl (C=O) groups is 1. The topological polar surface area (TPSA) is 55.1 Å². The Labute approximate surface area is 122 Å². The van der Waals surface area contributed by atoms with E-state index in [9.17, 15) is 4.79 Å². The Morgan fingerprint density at radius 3 is 2.30 bits per heavy atom. The predicted octanol–water partition coefficient (Wildman–Crippen LogP) is 4.04.